The summed E-state index contributed by atoms with van der Waals surface area (Å²) in [5.74, 6) is 0.930. The summed E-state index contributed by atoms with van der Waals surface area (Å²) in [4.78, 5) is 21.9. The molecule has 2 bridgehead atoms. The first-order valence-electron chi connectivity index (χ1n) is 10.4. The quantitative estimate of drug-likeness (QED) is 0.658. The highest BCUT2D eigenvalue weighted by Gasteiger charge is 2.51. The summed E-state index contributed by atoms with van der Waals surface area (Å²) in [5.41, 5.74) is 3.06. The molecule has 2 unspecified atom stereocenters. The van der Waals surface area contributed by atoms with Gasteiger partial charge in [-0.1, -0.05) is 0 Å². The van der Waals surface area contributed by atoms with Gasteiger partial charge in [-0.05, 0) is 25.3 Å². The third-order valence-corrected chi connectivity index (χ3v) is 6.73. The molecule has 1 amide bonds. The summed E-state index contributed by atoms with van der Waals surface area (Å²) in [7, 11) is 1.90. The van der Waals surface area contributed by atoms with Gasteiger partial charge < -0.3 is 9.80 Å². The van der Waals surface area contributed by atoms with Crippen molar-refractivity contribution < 1.29 is 4.79 Å². The number of nitriles is 1. The summed E-state index contributed by atoms with van der Waals surface area (Å²) in [6.45, 7) is 1.54. The zero-order valence-corrected chi connectivity index (χ0v) is 16.7. The topological polar surface area (TPSA) is 95.3 Å². The van der Waals surface area contributed by atoms with E-state index in [4.69, 9.17) is 5.26 Å². The number of carbonyl (C=O) groups is 1. The predicted octanol–water partition coefficient (Wildman–Crippen LogP) is 1.47. The maximum Gasteiger partial charge on any atom is 0.227 e. The number of anilines is 1. The lowest BCUT2D eigenvalue weighted by Gasteiger charge is -2.41. The fourth-order valence-electron chi connectivity index (χ4n) is 5.13. The van der Waals surface area contributed by atoms with Gasteiger partial charge in [0.15, 0.2) is 5.82 Å². The lowest BCUT2D eigenvalue weighted by molar-refractivity contribution is -0.136. The van der Waals surface area contributed by atoms with E-state index in [1.807, 2.05) is 30.2 Å². The molecule has 152 valence electrons. The van der Waals surface area contributed by atoms with Crippen molar-refractivity contribution in [2.45, 2.75) is 31.3 Å². The molecule has 2 aliphatic heterocycles. The van der Waals surface area contributed by atoms with Crippen molar-refractivity contribution >= 4 is 17.2 Å². The third kappa shape index (κ3) is 2.60. The van der Waals surface area contributed by atoms with Crippen molar-refractivity contribution in [1.29, 1.82) is 5.26 Å². The summed E-state index contributed by atoms with van der Waals surface area (Å²) in [6, 6.07) is 4.74. The molecule has 0 aromatic carbocycles. The second-order valence-corrected chi connectivity index (χ2v) is 8.66. The van der Waals surface area contributed by atoms with Gasteiger partial charge in [-0.2, -0.15) is 15.5 Å². The number of fused-ring (bicyclic) bond motifs is 3. The minimum atomic E-state index is -0.0805. The molecule has 3 aliphatic rings. The number of carbonyl (C=O) groups excluding carboxylic acids is 1. The van der Waals surface area contributed by atoms with Gasteiger partial charge in [-0.25, -0.2) is 9.50 Å². The Balaban J connectivity index is 1.29. The Morgan fingerprint density at radius 2 is 1.97 bits per heavy atom. The van der Waals surface area contributed by atoms with E-state index in [0.29, 0.717) is 0 Å². The summed E-state index contributed by atoms with van der Waals surface area (Å²) >= 11 is 0. The lowest BCUT2D eigenvalue weighted by Crippen LogP contribution is -2.56. The van der Waals surface area contributed by atoms with Crippen LogP contribution in [0.1, 0.15) is 19.3 Å². The molecule has 5 heterocycles. The lowest BCUT2D eigenvalue weighted by atomic mass is 10.1. The molecule has 9 heteroatoms. The van der Waals surface area contributed by atoms with Crippen molar-refractivity contribution in [1.82, 2.24) is 29.3 Å². The highest BCUT2D eigenvalue weighted by atomic mass is 16.2. The molecule has 3 aromatic rings. The molecule has 3 aromatic heterocycles. The Bertz CT molecular complexity index is 1180. The van der Waals surface area contributed by atoms with Crippen LogP contribution in [0.2, 0.25) is 0 Å². The van der Waals surface area contributed by atoms with Gasteiger partial charge in [-0.3, -0.25) is 9.48 Å². The van der Waals surface area contributed by atoms with E-state index in [2.05, 4.69) is 37.1 Å². The molecule has 30 heavy (non-hydrogen) atoms. The number of hydrogen-bond acceptors (Lipinski definition) is 6. The fourth-order valence-corrected chi connectivity index (χ4v) is 5.13. The van der Waals surface area contributed by atoms with Crippen LogP contribution in [0.4, 0.5) is 5.82 Å². The Morgan fingerprint density at radius 3 is 2.63 bits per heavy atom. The van der Waals surface area contributed by atoms with Crippen LogP contribution in [0.25, 0.3) is 16.6 Å². The number of piperazine rings is 1. The molecule has 0 spiro atoms. The van der Waals surface area contributed by atoms with Crippen LogP contribution in [0.5, 0.6) is 0 Å². The highest BCUT2D eigenvalue weighted by molar-refractivity contribution is 5.84. The molecular formula is C21H22N8O. The van der Waals surface area contributed by atoms with E-state index in [1.165, 1.54) is 0 Å². The Hall–Kier alpha value is -3.41. The molecule has 1 saturated carbocycles. The van der Waals surface area contributed by atoms with Crippen molar-refractivity contribution in [3.63, 3.8) is 0 Å². The SMILES string of the molecule is Cn1cc(-c2cc3c(N4CC5CCC(C4)N5C(=O)[C@@H]4C[C@H]4C#N)ncnn3c2)cn1. The van der Waals surface area contributed by atoms with Crippen molar-refractivity contribution in [2.24, 2.45) is 18.9 Å². The highest BCUT2D eigenvalue weighted by Crippen LogP contribution is 2.43. The number of rotatable bonds is 3. The maximum atomic E-state index is 12.9. The number of hydrogen-bond donors (Lipinski definition) is 0. The average molecular weight is 402 g/mol. The van der Waals surface area contributed by atoms with E-state index in [1.54, 1.807) is 11.0 Å². The molecule has 1 aliphatic carbocycles. The monoisotopic (exact) mass is 402 g/mol. The first-order valence-corrected chi connectivity index (χ1v) is 10.4. The minimum Gasteiger partial charge on any atom is -0.351 e. The molecule has 0 radical (unpaired) electrons. The Morgan fingerprint density at radius 1 is 1.17 bits per heavy atom. The van der Waals surface area contributed by atoms with Crippen molar-refractivity contribution in [3.8, 4) is 17.2 Å². The van der Waals surface area contributed by atoms with E-state index in [9.17, 15) is 4.79 Å². The molecule has 6 rings (SSSR count). The largest absolute Gasteiger partial charge is 0.351 e. The van der Waals surface area contributed by atoms with Gasteiger partial charge >= 0.3 is 0 Å². The zero-order chi connectivity index (χ0) is 20.4. The maximum absolute atomic E-state index is 12.9. The summed E-state index contributed by atoms with van der Waals surface area (Å²) < 4.78 is 3.65. The van der Waals surface area contributed by atoms with Gasteiger partial charge in [0.25, 0.3) is 0 Å². The normalized spacial score (nSPS) is 27.5. The van der Waals surface area contributed by atoms with Gasteiger partial charge in [0, 0.05) is 55.7 Å². The van der Waals surface area contributed by atoms with E-state index >= 15 is 0 Å². The van der Waals surface area contributed by atoms with Crippen molar-refractivity contribution in [2.75, 3.05) is 18.0 Å². The molecule has 3 fully saturated rings. The van der Waals surface area contributed by atoms with E-state index < -0.39 is 0 Å². The fraction of sp³-hybridized carbons (Fsp3) is 0.476. The molecule has 4 atom stereocenters. The number of aryl methyl sites for hydroxylation is 1. The van der Waals surface area contributed by atoms with Crippen LogP contribution >= 0.6 is 0 Å². The molecule has 2 saturated heterocycles. The molecular weight excluding hydrogens is 380 g/mol. The number of amides is 1. The Labute approximate surface area is 173 Å². The van der Waals surface area contributed by atoms with Gasteiger partial charge in [0.05, 0.1) is 24.1 Å². The average Bonchev–Trinajstić information content (AvgIpc) is 3.05. The van der Waals surface area contributed by atoms with Gasteiger partial charge in [-0.15, -0.1) is 0 Å². The Kier molecular flexibility index (Phi) is 3.66. The first-order chi connectivity index (χ1) is 14.6. The second kappa shape index (κ2) is 6.29. The molecule has 0 N–H and O–H groups in total. The minimum absolute atomic E-state index is 0.0805. The van der Waals surface area contributed by atoms with Gasteiger partial charge in [0.2, 0.25) is 5.91 Å². The van der Waals surface area contributed by atoms with E-state index in [-0.39, 0.29) is 29.8 Å². The standard InChI is InChI=1S/C21H22N8O/c1-26-8-15(7-24-26)14-5-19-20(23-12-25-28(19)9-14)27-10-16-2-3-17(11-27)29(16)21(30)18-4-13(18)6-22/h5,7-9,12-13,16-18H,2-4,10-11H2,1H3/t13-,16?,17?,18+/m0/s1. The first kappa shape index (κ1) is 17.4. The smallest absolute Gasteiger partial charge is 0.227 e. The summed E-state index contributed by atoms with van der Waals surface area (Å²) in [5, 5.41) is 17.8. The van der Waals surface area contributed by atoms with Crippen LogP contribution in [0, 0.1) is 23.2 Å². The van der Waals surface area contributed by atoms with Crippen LogP contribution in [0.3, 0.4) is 0 Å². The third-order valence-electron chi connectivity index (χ3n) is 6.73. The van der Waals surface area contributed by atoms with Crippen LogP contribution in [-0.2, 0) is 11.8 Å². The number of nitrogens with zero attached hydrogens (tertiary/aromatic N) is 8. The summed E-state index contributed by atoms with van der Waals surface area (Å²) in [6.07, 6.45) is 10.2. The van der Waals surface area contributed by atoms with Crippen LogP contribution < -0.4 is 4.90 Å². The molecule has 9 nitrogen and oxygen atoms in total. The van der Waals surface area contributed by atoms with Gasteiger partial charge in [0.1, 0.15) is 11.8 Å². The second-order valence-electron chi connectivity index (χ2n) is 8.66. The van der Waals surface area contributed by atoms with E-state index in [0.717, 1.165) is 54.8 Å². The predicted molar refractivity (Wildman–Crippen MR) is 108 cm³/mol. The van der Waals surface area contributed by atoms with Crippen LogP contribution in [0.15, 0.2) is 31.0 Å². The van der Waals surface area contributed by atoms with Crippen molar-refractivity contribution in [3.05, 3.63) is 31.0 Å². The van der Waals surface area contributed by atoms with Crippen LogP contribution in [-0.4, -0.2) is 60.4 Å². The number of aromatic nitrogens is 5. The zero-order valence-electron chi connectivity index (χ0n) is 16.7.